The molecular weight excluding hydrogens is 130 g/mol. The molecule has 0 amide bonds. The van der Waals surface area contributed by atoms with Gasteiger partial charge in [0.05, 0.1) is 6.42 Å². The molecule has 2 N–H and O–H groups in total. The van der Waals surface area contributed by atoms with Gasteiger partial charge in [0.15, 0.2) is 0 Å². The fourth-order valence-electron chi connectivity index (χ4n) is 1.14. The molecule has 0 spiro atoms. The van der Waals surface area contributed by atoms with Crippen LogP contribution in [0.15, 0.2) is 0 Å². The third-order valence-electron chi connectivity index (χ3n) is 2.05. The Morgan fingerprint density at radius 2 is 2.40 bits per heavy atom. The van der Waals surface area contributed by atoms with E-state index in [-0.39, 0.29) is 5.97 Å². The van der Waals surface area contributed by atoms with E-state index in [0.717, 1.165) is 5.92 Å². The van der Waals surface area contributed by atoms with Gasteiger partial charge in [0.1, 0.15) is 0 Å². The summed E-state index contributed by atoms with van der Waals surface area (Å²) in [6, 6.07) is 0. The van der Waals surface area contributed by atoms with Gasteiger partial charge in [-0.2, -0.15) is 5.90 Å². The summed E-state index contributed by atoms with van der Waals surface area (Å²) in [5.41, 5.74) is 0. The van der Waals surface area contributed by atoms with Gasteiger partial charge >= 0.3 is 5.97 Å². The van der Waals surface area contributed by atoms with Gasteiger partial charge < -0.3 is 4.84 Å². The van der Waals surface area contributed by atoms with Gasteiger partial charge in [0, 0.05) is 0 Å². The monoisotopic (exact) mass is 143 g/mol. The molecule has 1 fully saturated rings. The number of carbonyl (C=O) groups excluding carboxylic acids is 1. The van der Waals surface area contributed by atoms with E-state index in [1.165, 1.54) is 12.8 Å². The van der Waals surface area contributed by atoms with Crippen LogP contribution in [0.4, 0.5) is 0 Å². The fraction of sp³-hybridized carbons (Fsp3) is 0.857. The molecule has 0 aromatic heterocycles. The average molecular weight is 143 g/mol. The zero-order valence-electron chi connectivity index (χ0n) is 6.17. The SMILES string of the molecule is CC(CC(=O)ON)C1CC1. The Balaban J connectivity index is 2.16. The number of nitrogens with two attached hydrogens (primary N) is 1. The normalized spacial score (nSPS) is 20.2. The number of hydrogen-bond donors (Lipinski definition) is 1. The molecule has 0 heterocycles. The van der Waals surface area contributed by atoms with Crippen molar-refractivity contribution in [1.82, 2.24) is 0 Å². The summed E-state index contributed by atoms with van der Waals surface area (Å²) in [6.07, 6.45) is 3.00. The highest BCUT2D eigenvalue weighted by molar-refractivity contribution is 5.69. The van der Waals surface area contributed by atoms with Crippen LogP contribution >= 0.6 is 0 Å². The predicted octanol–water partition coefficient (Wildman–Crippen LogP) is 0.840. The molecule has 1 aliphatic carbocycles. The first-order chi connectivity index (χ1) is 4.74. The van der Waals surface area contributed by atoms with Gasteiger partial charge in [-0.25, -0.2) is 0 Å². The summed E-state index contributed by atoms with van der Waals surface area (Å²) in [4.78, 5) is 14.7. The molecule has 0 bridgehead atoms. The number of rotatable bonds is 3. The lowest BCUT2D eigenvalue weighted by molar-refractivity contribution is -0.145. The highest BCUT2D eigenvalue weighted by Gasteiger charge is 2.29. The van der Waals surface area contributed by atoms with Crippen molar-refractivity contribution in [2.24, 2.45) is 17.7 Å². The standard InChI is InChI=1S/C7H13NO2/c1-5(6-2-3-6)4-7(9)10-8/h5-6H,2-4,8H2,1H3. The van der Waals surface area contributed by atoms with Gasteiger partial charge in [0.25, 0.3) is 0 Å². The smallest absolute Gasteiger partial charge is 0.324 e. The van der Waals surface area contributed by atoms with Crippen molar-refractivity contribution in [2.75, 3.05) is 0 Å². The molecule has 3 heteroatoms. The van der Waals surface area contributed by atoms with Crippen LogP contribution in [0.5, 0.6) is 0 Å². The zero-order chi connectivity index (χ0) is 7.56. The number of carbonyl (C=O) groups is 1. The minimum Gasteiger partial charge on any atom is -0.373 e. The summed E-state index contributed by atoms with van der Waals surface area (Å²) in [5, 5.41) is 0. The van der Waals surface area contributed by atoms with Crippen molar-refractivity contribution in [3.8, 4) is 0 Å². The molecule has 1 saturated carbocycles. The Morgan fingerprint density at radius 1 is 1.80 bits per heavy atom. The highest BCUT2D eigenvalue weighted by Crippen LogP contribution is 2.38. The Hall–Kier alpha value is -0.570. The first-order valence-corrected chi connectivity index (χ1v) is 3.63. The van der Waals surface area contributed by atoms with Crippen LogP contribution < -0.4 is 5.90 Å². The van der Waals surface area contributed by atoms with Crippen LogP contribution in [0.3, 0.4) is 0 Å². The molecule has 10 heavy (non-hydrogen) atoms. The van der Waals surface area contributed by atoms with E-state index in [4.69, 9.17) is 5.90 Å². The van der Waals surface area contributed by atoms with Crippen LogP contribution in [-0.4, -0.2) is 5.97 Å². The minimum atomic E-state index is -0.292. The van der Waals surface area contributed by atoms with E-state index >= 15 is 0 Å². The quantitative estimate of drug-likeness (QED) is 0.595. The fourth-order valence-corrected chi connectivity index (χ4v) is 1.14. The lowest BCUT2D eigenvalue weighted by Gasteiger charge is -2.05. The molecule has 3 nitrogen and oxygen atoms in total. The third-order valence-corrected chi connectivity index (χ3v) is 2.05. The molecule has 58 valence electrons. The summed E-state index contributed by atoms with van der Waals surface area (Å²) in [6.45, 7) is 2.06. The van der Waals surface area contributed by atoms with Crippen LogP contribution in [0.2, 0.25) is 0 Å². The van der Waals surface area contributed by atoms with Gasteiger partial charge in [-0.1, -0.05) is 6.92 Å². The van der Waals surface area contributed by atoms with Gasteiger partial charge in [-0.15, -0.1) is 0 Å². The Labute approximate surface area is 60.5 Å². The minimum absolute atomic E-state index is 0.292. The lowest BCUT2D eigenvalue weighted by atomic mass is 10.0. The maximum absolute atomic E-state index is 10.6. The largest absolute Gasteiger partial charge is 0.373 e. The van der Waals surface area contributed by atoms with Crippen LogP contribution in [0.1, 0.15) is 26.2 Å². The molecule has 1 rings (SSSR count). The highest BCUT2D eigenvalue weighted by atomic mass is 16.7. The molecule has 0 radical (unpaired) electrons. The molecule has 0 saturated heterocycles. The molecule has 0 aromatic carbocycles. The first kappa shape index (κ1) is 7.54. The van der Waals surface area contributed by atoms with Crippen LogP contribution in [0, 0.1) is 11.8 Å². The number of hydrogen-bond acceptors (Lipinski definition) is 3. The van der Waals surface area contributed by atoms with Gasteiger partial charge in [0.2, 0.25) is 0 Å². The van der Waals surface area contributed by atoms with Crippen molar-refractivity contribution in [1.29, 1.82) is 0 Å². The predicted molar refractivity (Wildman–Crippen MR) is 36.8 cm³/mol. The van der Waals surface area contributed by atoms with Crippen LogP contribution in [-0.2, 0) is 9.63 Å². The van der Waals surface area contributed by atoms with E-state index in [0.29, 0.717) is 12.3 Å². The molecular formula is C7H13NO2. The molecule has 0 aliphatic heterocycles. The van der Waals surface area contributed by atoms with Crippen LogP contribution in [0.25, 0.3) is 0 Å². The Morgan fingerprint density at radius 3 is 2.80 bits per heavy atom. The van der Waals surface area contributed by atoms with E-state index in [2.05, 4.69) is 11.8 Å². The second kappa shape index (κ2) is 3.01. The third kappa shape index (κ3) is 1.99. The van der Waals surface area contributed by atoms with E-state index in [9.17, 15) is 4.79 Å². The van der Waals surface area contributed by atoms with Crippen molar-refractivity contribution >= 4 is 5.97 Å². The topological polar surface area (TPSA) is 52.3 Å². The summed E-state index contributed by atoms with van der Waals surface area (Å²) < 4.78 is 0. The second-order valence-electron chi connectivity index (χ2n) is 3.01. The first-order valence-electron chi connectivity index (χ1n) is 3.63. The summed E-state index contributed by atoms with van der Waals surface area (Å²) in [7, 11) is 0. The average Bonchev–Trinajstić information content (AvgIpc) is 2.68. The van der Waals surface area contributed by atoms with Crippen molar-refractivity contribution in [3.05, 3.63) is 0 Å². The van der Waals surface area contributed by atoms with Crippen molar-refractivity contribution < 1.29 is 9.63 Å². The van der Waals surface area contributed by atoms with Crippen molar-refractivity contribution in [2.45, 2.75) is 26.2 Å². The van der Waals surface area contributed by atoms with Gasteiger partial charge in [-0.3, -0.25) is 4.79 Å². The molecule has 0 aromatic rings. The summed E-state index contributed by atoms with van der Waals surface area (Å²) in [5.74, 6) is 5.60. The Kier molecular flexibility index (Phi) is 2.27. The second-order valence-corrected chi connectivity index (χ2v) is 3.01. The van der Waals surface area contributed by atoms with E-state index in [1.54, 1.807) is 0 Å². The molecule has 1 aliphatic rings. The zero-order valence-corrected chi connectivity index (χ0v) is 6.17. The Bertz CT molecular complexity index is 132. The van der Waals surface area contributed by atoms with E-state index < -0.39 is 0 Å². The maximum atomic E-state index is 10.6. The summed E-state index contributed by atoms with van der Waals surface area (Å²) >= 11 is 0. The van der Waals surface area contributed by atoms with E-state index in [1.807, 2.05) is 0 Å². The van der Waals surface area contributed by atoms with Gasteiger partial charge in [-0.05, 0) is 24.7 Å². The molecule has 1 unspecified atom stereocenters. The maximum Gasteiger partial charge on any atom is 0.324 e. The molecule has 1 atom stereocenters. The van der Waals surface area contributed by atoms with Crippen molar-refractivity contribution in [3.63, 3.8) is 0 Å². The lowest BCUT2D eigenvalue weighted by Crippen LogP contribution is -2.14.